The number of benzene rings is 1. The molecule has 1 fully saturated rings. The van der Waals surface area contributed by atoms with Crippen LogP contribution in [-0.4, -0.2) is 38.9 Å². The molecule has 1 aliphatic rings. The van der Waals surface area contributed by atoms with E-state index < -0.39 is 21.7 Å². The number of hydrogen-bond donors (Lipinski definition) is 0. The molecule has 0 amide bonds. The smallest absolute Gasteiger partial charge is 0.252 e. The minimum Gasteiger partial charge on any atom is -0.367 e. The maximum absolute atomic E-state index is 13.8. The van der Waals surface area contributed by atoms with Crippen molar-refractivity contribution in [1.29, 1.82) is 0 Å². The van der Waals surface area contributed by atoms with E-state index in [-0.39, 0.29) is 13.1 Å². The van der Waals surface area contributed by atoms with Gasteiger partial charge >= 0.3 is 0 Å². The van der Waals surface area contributed by atoms with E-state index in [0.717, 1.165) is 10.9 Å². The summed E-state index contributed by atoms with van der Waals surface area (Å²) in [6, 6.07) is 6.82. The first kappa shape index (κ1) is 16.4. The molecule has 1 aliphatic heterocycles. The number of nitrogens with zero attached hydrogens (tertiary/aromatic N) is 2. The van der Waals surface area contributed by atoms with Crippen LogP contribution in [0.4, 0.5) is 14.5 Å². The van der Waals surface area contributed by atoms with Crippen molar-refractivity contribution >= 4 is 27.0 Å². The molecule has 1 saturated heterocycles. The molecule has 1 aromatic carbocycles. The van der Waals surface area contributed by atoms with Crippen molar-refractivity contribution in [2.75, 3.05) is 31.1 Å². The maximum atomic E-state index is 13.8. The largest absolute Gasteiger partial charge is 0.367 e. The second kappa shape index (κ2) is 6.18. The lowest BCUT2D eigenvalue weighted by molar-refractivity contribution is 0.384. The van der Waals surface area contributed by atoms with E-state index in [1.807, 2.05) is 6.92 Å². The fourth-order valence-corrected chi connectivity index (χ4v) is 5.44. The molecular formula is C15H16F2N2O2S2. The molecule has 4 nitrogen and oxygen atoms in total. The van der Waals surface area contributed by atoms with Gasteiger partial charge in [-0.1, -0.05) is 0 Å². The zero-order valence-electron chi connectivity index (χ0n) is 12.5. The van der Waals surface area contributed by atoms with Crippen molar-refractivity contribution in [2.45, 2.75) is 11.1 Å². The van der Waals surface area contributed by atoms with Crippen LogP contribution in [0, 0.1) is 18.6 Å². The Hall–Kier alpha value is -1.51. The molecule has 1 aromatic heterocycles. The third kappa shape index (κ3) is 3.24. The van der Waals surface area contributed by atoms with Crippen molar-refractivity contribution < 1.29 is 17.2 Å². The molecule has 0 spiro atoms. The molecule has 0 aliphatic carbocycles. The Balaban J connectivity index is 1.73. The number of aryl methyl sites for hydroxylation is 1. The number of sulfonamides is 1. The first-order chi connectivity index (χ1) is 10.9. The number of piperazine rings is 1. The van der Waals surface area contributed by atoms with Crippen LogP contribution in [0.2, 0.25) is 0 Å². The van der Waals surface area contributed by atoms with Crippen molar-refractivity contribution in [2.24, 2.45) is 0 Å². The fourth-order valence-electron chi connectivity index (χ4n) is 2.59. The minimum atomic E-state index is -3.49. The molecular weight excluding hydrogens is 342 g/mol. The van der Waals surface area contributed by atoms with Gasteiger partial charge in [0.15, 0.2) is 0 Å². The van der Waals surface area contributed by atoms with E-state index in [1.165, 1.54) is 27.8 Å². The summed E-state index contributed by atoms with van der Waals surface area (Å²) < 4.78 is 53.6. The van der Waals surface area contributed by atoms with Crippen molar-refractivity contribution in [1.82, 2.24) is 4.31 Å². The van der Waals surface area contributed by atoms with Crippen LogP contribution in [0.25, 0.3) is 0 Å². The number of halogens is 2. The van der Waals surface area contributed by atoms with Gasteiger partial charge in [-0.25, -0.2) is 17.2 Å². The van der Waals surface area contributed by atoms with Gasteiger partial charge in [-0.3, -0.25) is 0 Å². The lowest BCUT2D eigenvalue weighted by atomic mass is 10.2. The van der Waals surface area contributed by atoms with Crippen molar-refractivity contribution in [3.63, 3.8) is 0 Å². The molecule has 3 rings (SSSR count). The third-order valence-corrected chi connectivity index (χ3v) is 7.17. The second-order valence-electron chi connectivity index (χ2n) is 5.35. The number of rotatable bonds is 3. The summed E-state index contributed by atoms with van der Waals surface area (Å²) in [7, 11) is -3.49. The molecule has 0 bridgehead atoms. The van der Waals surface area contributed by atoms with Crippen LogP contribution in [0.1, 0.15) is 4.88 Å². The summed E-state index contributed by atoms with van der Waals surface area (Å²) in [4.78, 5) is 2.68. The maximum Gasteiger partial charge on any atom is 0.252 e. The number of anilines is 1. The quantitative estimate of drug-likeness (QED) is 0.847. The first-order valence-electron chi connectivity index (χ1n) is 7.14. The average Bonchev–Trinajstić information content (AvgIpc) is 2.95. The standard InChI is InChI=1S/C15H16F2N2O2S2/c1-11-2-5-15(22-11)23(20,21)19-8-6-18(7-9-19)14-4-3-12(16)10-13(14)17/h2-5,10H,6-9H2,1H3. The molecule has 124 valence electrons. The summed E-state index contributed by atoms with van der Waals surface area (Å²) in [6.45, 7) is 3.14. The van der Waals surface area contributed by atoms with E-state index in [9.17, 15) is 17.2 Å². The predicted octanol–water partition coefficient (Wildman–Crippen LogP) is 2.85. The Kier molecular flexibility index (Phi) is 4.39. The highest BCUT2D eigenvalue weighted by Gasteiger charge is 2.30. The van der Waals surface area contributed by atoms with Crippen LogP contribution in [-0.2, 0) is 10.0 Å². The van der Waals surface area contributed by atoms with E-state index in [4.69, 9.17) is 0 Å². The monoisotopic (exact) mass is 358 g/mol. The van der Waals surface area contributed by atoms with Gasteiger partial charge in [0.1, 0.15) is 15.8 Å². The molecule has 2 aromatic rings. The molecule has 2 heterocycles. The first-order valence-corrected chi connectivity index (χ1v) is 9.40. The van der Waals surface area contributed by atoms with E-state index >= 15 is 0 Å². The minimum absolute atomic E-state index is 0.274. The number of hydrogen-bond acceptors (Lipinski definition) is 4. The molecule has 0 saturated carbocycles. The van der Waals surface area contributed by atoms with Gasteiger partial charge in [0.2, 0.25) is 0 Å². The molecule has 0 atom stereocenters. The second-order valence-corrected chi connectivity index (χ2v) is 8.80. The van der Waals surface area contributed by atoms with Gasteiger partial charge in [-0.05, 0) is 31.2 Å². The molecule has 23 heavy (non-hydrogen) atoms. The zero-order valence-corrected chi connectivity index (χ0v) is 14.1. The van der Waals surface area contributed by atoms with Crippen LogP contribution >= 0.6 is 11.3 Å². The highest BCUT2D eigenvalue weighted by Crippen LogP contribution is 2.27. The highest BCUT2D eigenvalue weighted by atomic mass is 32.2. The number of thiophene rings is 1. The Bertz CT molecular complexity index is 813. The van der Waals surface area contributed by atoms with Crippen LogP contribution in [0.3, 0.4) is 0 Å². The molecule has 0 unspecified atom stereocenters. The summed E-state index contributed by atoms with van der Waals surface area (Å²) in [5, 5.41) is 0. The summed E-state index contributed by atoms with van der Waals surface area (Å²) >= 11 is 1.24. The Morgan fingerprint density at radius 3 is 2.30 bits per heavy atom. The summed E-state index contributed by atoms with van der Waals surface area (Å²) in [5.41, 5.74) is 0.301. The van der Waals surface area contributed by atoms with Gasteiger partial charge in [0, 0.05) is 37.1 Å². The van der Waals surface area contributed by atoms with E-state index in [1.54, 1.807) is 17.0 Å². The van der Waals surface area contributed by atoms with Crippen LogP contribution < -0.4 is 4.90 Å². The van der Waals surface area contributed by atoms with Gasteiger partial charge in [-0.15, -0.1) is 11.3 Å². The third-order valence-electron chi connectivity index (χ3n) is 3.80. The van der Waals surface area contributed by atoms with Crippen molar-refractivity contribution in [3.8, 4) is 0 Å². The summed E-state index contributed by atoms with van der Waals surface area (Å²) in [5.74, 6) is -1.25. The van der Waals surface area contributed by atoms with Crippen molar-refractivity contribution in [3.05, 3.63) is 46.8 Å². The van der Waals surface area contributed by atoms with E-state index in [0.29, 0.717) is 23.0 Å². The van der Waals surface area contributed by atoms with E-state index in [2.05, 4.69) is 0 Å². The SMILES string of the molecule is Cc1ccc(S(=O)(=O)N2CCN(c3ccc(F)cc3F)CC2)s1. The van der Waals surface area contributed by atoms with Crippen LogP contribution in [0.15, 0.2) is 34.5 Å². The molecule has 0 radical (unpaired) electrons. The molecule has 0 N–H and O–H groups in total. The fraction of sp³-hybridized carbons (Fsp3) is 0.333. The lowest BCUT2D eigenvalue weighted by Gasteiger charge is -2.35. The Morgan fingerprint density at radius 1 is 1.04 bits per heavy atom. The topological polar surface area (TPSA) is 40.6 Å². The Morgan fingerprint density at radius 2 is 1.74 bits per heavy atom. The van der Waals surface area contributed by atoms with Gasteiger partial charge < -0.3 is 4.90 Å². The van der Waals surface area contributed by atoms with Gasteiger partial charge in [-0.2, -0.15) is 4.31 Å². The van der Waals surface area contributed by atoms with Crippen LogP contribution in [0.5, 0.6) is 0 Å². The zero-order chi connectivity index (χ0) is 16.6. The summed E-state index contributed by atoms with van der Waals surface area (Å²) in [6.07, 6.45) is 0. The predicted molar refractivity (Wildman–Crippen MR) is 86.4 cm³/mol. The van der Waals surface area contributed by atoms with Gasteiger partial charge in [0.05, 0.1) is 5.69 Å². The molecule has 8 heteroatoms. The highest BCUT2D eigenvalue weighted by molar-refractivity contribution is 7.91. The lowest BCUT2D eigenvalue weighted by Crippen LogP contribution is -2.48. The van der Waals surface area contributed by atoms with Gasteiger partial charge in [0.25, 0.3) is 10.0 Å². The Labute approximate surface area is 138 Å². The average molecular weight is 358 g/mol. The normalized spacial score (nSPS) is 16.7.